The van der Waals surface area contributed by atoms with Gasteiger partial charge in [0.05, 0.1) is 42.2 Å². The van der Waals surface area contributed by atoms with E-state index in [4.69, 9.17) is 18.9 Å². The number of ether oxygens (including phenoxy) is 4. The van der Waals surface area contributed by atoms with E-state index in [0.717, 1.165) is 33.4 Å². The maximum Gasteiger partial charge on any atom is 0.119 e. The van der Waals surface area contributed by atoms with E-state index < -0.39 is 34.6 Å². The first-order valence-corrected chi connectivity index (χ1v) is 20.1. The molecule has 312 valence electrons. The van der Waals surface area contributed by atoms with Gasteiger partial charge in [-0.1, -0.05) is 100 Å². The van der Waals surface area contributed by atoms with Crippen LogP contribution in [0.1, 0.15) is 123 Å². The van der Waals surface area contributed by atoms with Gasteiger partial charge in [-0.2, -0.15) is 0 Å². The lowest BCUT2D eigenvalue weighted by Gasteiger charge is -2.36. The number of aliphatic hydroxyl groups excluding tert-OH is 2. The second kappa shape index (κ2) is 18.0. The van der Waals surface area contributed by atoms with Crippen LogP contribution in [0.25, 0.3) is 0 Å². The third kappa shape index (κ3) is 12.9. The zero-order valence-corrected chi connectivity index (χ0v) is 36.3. The lowest BCUT2D eigenvalue weighted by atomic mass is 9.77. The van der Waals surface area contributed by atoms with Crippen molar-refractivity contribution in [1.29, 1.82) is 0 Å². The summed E-state index contributed by atoms with van der Waals surface area (Å²) in [7, 11) is 0. The lowest BCUT2D eigenvalue weighted by molar-refractivity contribution is -0.141. The van der Waals surface area contributed by atoms with Crippen molar-refractivity contribution in [1.82, 2.24) is 0 Å². The van der Waals surface area contributed by atoms with Gasteiger partial charge in [-0.3, -0.25) is 0 Å². The molecule has 4 aromatic carbocycles. The minimum Gasteiger partial charge on any atom is -0.508 e. The monoisotopic (exact) mass is 784 g/mol. The molecule has 0 aliphatic carbocycles. The van der Waals surface area contributed by atoms with Crippen LogP contribution in [0.3, 0.4) is 0 Å². The summed E-state index contributed by atoms with van der Waals surface area (Å²) in [5, 5.41) is 41.6. The Morgan fingerprint density at radius 2 is 0.772 bits per heavy atom. The average molecular weight is 785 g/mol. The number of aliphatic hydroxyl groups is 3. The number of hydrogen-bond acceptors (Lipinski definition) is 8. The minimum absolute atomic E-state index is 0.0849. The predicted molar refractivity (Wildman–Crippen MR) is 228 cm³/mol. The highest BCUT2D eigenvalue weighted by Gasteiger charge is 2.33. The summed E-state index contributed by atoms with van der Waals surface area (Å²) in [5.41, 5.74) is 3.15. The Balaban J connectivity index is 1.19. The number of aromatic hydroxyl groups is 1. The molecular weight excluding hydrogens is 717 g/mol. The topological polar surface area (TPSA) is 118 Å². The van der Waals surface area contributed by atoms with Crippen molar-refractivity contribution in [3.63, 3.8) is 0 Å². The number of phenolic OH excluding ortho intramolecular Hbond substituents is 1. The van der Waals surface area contributed by atoms with Gasteiger partial charge in [-0.05, 0) is 113 Å². The second-order valence-corrected chi connectivity index (χ2v) is 18.8. The van der Waals surface area contributed by atoms with Gasteiger partial charge in [0, 0.05) is 17.3 Å². The number of phenols is 1. The molecule has 4 rings (SSSR count). The summed E-state index contributed by atoms with van der Waals surface area (Å²) in [5.74, 6) is 0.911. The molecule has 4 N–H and O–H groups in total. The molecular formula is C49H68O8. The molecule has 4 aromatic rings. The quantitative estimate of drug-likeness (QED) is 0.0701. The molecule has 0 aromatic heterocycles. The van der Waals surface area contributed by atoms with Gasteiger partial charge < -0.3 is 39.4 Å². The molecule has 2 unspecified atom stereocenters. The number of rotatable bonds is 20. The molecule has 0 bridgehead atoms. The highest BCUT2D eigenvalue weighted by molar-refractivity contribution is 5.42. The van der Waals surface area contributed by atoms with E-state index >= 15 is 0 Å². The molecule has 0 saturated heterocycles. The highest BCUT2D eigenvalue weighted by Crippen LogP contribution is 2.36. The first kappa shape index (κ1) is 45.9. The van der Waals surface area contributed by atoms with Crippen molar-refractivity contribution in [3.05, 3.63) is 130 Å². The molecule has 0 heterocycles. The van der Waals surface area contributed by atoms with Crippen LogP contribution in [0.15, 0.2) is 97.1 Å². The van der Waals surface area contributed by atoms with E-state index in [1.165, 1.54) is 0 Å². The van der Waals surface area contributed by atoms with Crippen molar-refractivity contribution in [2.75, 3.05) is 26.4 Å². The van der Waals surface area contributed by atoms with Gasteiger partial charge in [0.2, 0.25) is 0 Å². The molecule has 0 spiro atoms. The van der Waals surface area contributed by atoms with Gasteiger partial charge >= 0.3 is 0 Å². The SMILES string of the molecule is CC(C)(CC(C)(C)OCC(O)COC(C)(C)c1ccc(C(C)(C)c2ccc(O)cc2)cc1)OCC(O)COc1ccc(C(C)(C)c2ccc(C(C)(C)O)cc2)cc1. The zero-order chi connectivity index (χ0) is 42.5. The Labute approximate surface area is 341 Å². The normalized spacial score (nSPS) is 14.4. The summed E-state index contributed by atoms with van der Waals surface area (Å²) in [4.78, 5) is 0. The molecule has 2 atom stereocenters. The smallest absolute Gasteiger partial charge is 0.119 e. The fourth-order valence-corrected chi connectivity index (χ4v) is 7.21. The Morgan fingerprint density at radius 3 is 1.19 bits per heavy atom. The third-order valence-corrected chi connectivity index (χ3v) is 11.0. The molecule has 0 saturated carbocycles. The largest absolute Gasteiger partial charge is 0.508 e. The van der Waals surface area contributed by atoms with Crippen molar-refractivity contribution in [2.45, 2.75) is 135 Å². The number of benzene rings is 4. The van der Waals surface area contributed by atoms with Crippen molar-refractivity contribution >= 4 is 0 Å². The third-order valence-electron chi connectivity index (χ3n) is 11.0. The minimum atomic E-state index is -0.885. The molecule has 0 fully saturated rings. The first-order chi connectivity index (χ1) is 26.3. The maximum atomic E-state index is 10.8. The molecule has 57 heavy (non-hydrogen) atoms. The van der Waals surface area contributed by atoms with Crippen molar-refractivity contribution in [2.24, 2.45) is 0 Å². The molecule has 0 amide bonds. The van der Waals surface area contributed by atoms with Crippen molar-refractivity contribution < 1.29 is 39.4 Å². The Kier molecular flexibility index (Phi) is 14.5. The lowest BCUT2D eigenvalue weighted by Crippen LogP contribution is -2.41. The van der Waals surface area contributed by atoms with Crippen LogP contribution in [0, 0.1) is 0 Å². The van der Waals surface area contributed by atoms with E-state index in [2.05, 4.69) is 64.1 Å². The van der Waals surface area contributed by atoms with E-state index in [1.54, 1.807) is 26.0 Å². The van der Waals surface area contributed by atoms with E-state index in [1.807, 2.05) is 90.1 Å². The summed E-state index contributed by atoms with van der Waals surface area (Å²) in [6.07, 6.45) is -1.13. The molecule has 8 heteroatoms. The molecule has 0 aliphatic heterocycles. The Morgan fingerprint density at radius 1 is 0.439 bits per heavy atom. The van der Waals surface area contributed by atoms with Gasteiger partial charge in [-0.15, -0.1) is 0 Å². The summed E-state index contributed by atoms with van der Waals surface area (Å²) in [6, 6.07) is 31.6. The van der Waals surface area contributed by atoms with Crippen molar-refractivity contribution in [3.8, 4) is 11.5 Å². The predicted octanol–water partition coefficient (Wildman–Crippen LogP) is 9.30. The fraction of sp³-hybridized carbons (Fsp3) is 0.510. The van der Waals surface area contributed by atoms with E-state index in [-0.39, 0.29) is 43.0 Å². The molecule has 8 nitrogen and oxygen atoms in total. The van der Waals surface area contributed by atoms with Crippen LogP contribution < -0.4 is 4.74 Å². The van der Waals surface area contributed by atoms with Gasteiger partial charge in [0.25, 0.3) is 0 Å². The summed E-state index contributed by atoms with van der Waals surface area (Å²) in [6.45, 7) is 24.4. The molecule has 0 aliphatic rings. The maximum absolute atomic E-state index is 10.8. The van der Waals surface area contributed by atoms with Crippen LogP contribution in [0.2, 0.25) is 0 Å². The van der Waals surface area contributed by atoms with Gasteiger partial charge in [-0.25, -0.2) is 0 Å². The number of hydrogen-bond donors (Lipinski definition) is 4. The Bertz CT molecular complexity index is 1830. The highest BCUT2D eigenvalue weighted by atomic mass is 16.5. The van der Waals surface area contributed by atoms with Gasteiger partial charge in [0.1, 0.15) is 30.3 Å². The van der Waals surface area contributed by atoms with Crippen LogP contribution >= 0.6 is 0 Å². The first-order valence-electron chi connectivity index (χ1n) is 20.1. The van der Waals surface area contributed by atoms with Gasteiger partial charge in [0.15, 0.2) is 0 Å². The Hall–Kier alpha value is -3.76. The van der Waals surface area contributed by atoms with Crippen LogP contribution in [0.5, 0.6) is 11.5 Å². The average Bonchev–Trinajstić information content (AvgIpc) is 3.14. The fourth-order valence-electron chi connectivity index (χ4n) is 7.21. The van der Waals surface area contributed by atoms with Crippen LogP contribution in [0.4, 0.5) is 0 Å². The van der Waals surface area contributed by atoms with Crippen LogP contribution in [-0.4, -0.2) is 70.3 Å². The second-order valence-electron chi connectivity index (χ2n) is 18.8. The summed E-state index contributed by atoms with van der Waals surface area (Å²) < 4.78 is 24.4. The van der Waals surface area contributed by atoms with E-state index in [0.29, 0.717) is 12.2 Å². The standard InChI is InChI=1S/C49H68O8/c1-44(2,55-30-41(51)29-54-43-27-23-37(24-28-43)47(7,8)34-13-17-38(18-14-34)48(9,10)53)33-45(3,4)56-31-42(52)32-57-49(11,12)39-19-15-35(16-20-39)46(5,6)36-21-25-40(50)26-22-36/h13-28,41-42,50-53H,29-33H2,1-12H3. The van der Waals surface area contributed by atoms with E-state index in [9.17, 15) is 20.4 Å². The molecule has 0 radical (unpaired) electrons. The van der Waals surface area contributed by atoms with Crippen LogP contribution in [-0.2, 0) is 36.2 Å². The summed E-state index contributed by atoms with van der Waals surface area (Å²) >= 11 is 0. The zero-order valence-electron chi connectivity index (χ0n) is 36.3.